The van der Waals surface area contributed by atoms with Crippen LogP contribution in [-0.2, 0) is 9.59 Å². The van der Waals surface area contributed by atoms with Crippen LogP contribution in [0.5, 0.6) is 11.5 Å². The number of benzene rings is 2. The fourth-order valence-corrected chi connectivity index (χ4v) is 2.62. The number of Topliss-reactive ketones (excluding diaryl/α,β-unsaturated/α-hetero) is 1. The second kappa shape index (κ2) is 9.60. The van der Waals surface area contributed by atoms with Gasteiger partial charge in [-0.3, -0.25) is 9.59 Å². The molecular formula is C22H24N2O4. The molecule has 6 heteroatoms. The minimum Gasteiger partial charge on any atom is -0.496 e. The molecule has 0 saturated carbocycles. The van der Waals surface area contributed by atoms with E-state index in [0.717, 1.165) is 16.9 Å². The van der Waals surface area contributed by atoms with Crippen molar-refractivity contribution in [2.24, 2.45) is 16.1 Å². The maximum atomic E-state index is 12.2. The van der Waals surface area contributed by atoms with Gasteiger partial charge in [0.25, 0.3) is 0 Å². The molecule has 0 radical (unpaired) electrons. The number of rotatable bonds is 8. The standard InChI is InChI=1S/C22H24N2O4/c1-6-7-19(16(4)25)22(26)28-21-11-9-18(13-15(21)3)24-23-17-8-10-20(27-5)14(2)12-17/h6,8-13,19H,1,7H2,2-5H3. The lowest BCUT2D eigenvalue weighted by atomic mass is 10.0. The summed E-state index contributed by atoms with van der Waals surface area (Å²) in [5.74, 6) is -0.489. The number of aryl methyl sites for hydroxylation is 2. The first-order valence-electron chi connectivity index (χ1n) is 8.85. The lowest BCUT2D eigenvalue weighted by Gasteiger charge is -2.12. The molecule has 0 amide bonds. The highest BCUT2D eigenvalue weighted by atomic mass is 16.5. The van der Waals surface area contributed by atoms with Crippen molar-refractivity contribution in [3.05, 3.63) is 60.2 Å². The Kier molecular flexibility index (Phi) is 7.21. The minimum absolute atomic E-state index is 0.247. The molecule has 1 unspecified atom stereocenters. The van der Waals surface area contributed by atoms with Gasteiger partial charge in [-0.1, -0.05) is 6.08 Å². The number of hydrogen-bond acceptors (Lipinski definition) is 6. The molecule has 0 N–H and O–H groups in total. The van der Waals surface area contributed by atoms with Gasteiger partial charge in [-0.05, 0) is 74.7 Å². The van der Waals surface area contributed by atoms with E-state index in [0.29, 0.717) is 17.1 Å². The number of ketones is 1. The van der Waals surface area contributed by atoms with Crippen molar-refractivity contribution in [3.63, 3.8) is 0 Å². The quantitative estimate of drug-likeness (QED) is 0.202. The Morgan fingerprint density at radius 3 is 2.00 bits per heavy atom. The van der Waals surface area contributed by atoms with Crippen molar-refractivity contribution in [3.8, 4) is 11.5 Å². The zero-order valence-corrected chi connectivity index (χ0v) is 16.6. The van der Waals surface area contributed by atoms with Crippen LogP contribution in [0.2, 0.25) is 0 Å². The van der Waals surface area contributed by atoms with E-state index in [1.807, 2.05) is 25.1 Å². The Balaban J connectivity index is 2.13. The zero-order valence-electron chi connectivity index (χ0n) is 16.6. The predicted molar refractivity (Wildman–Crippen MR) is 108 cm³/mol. The van der Waals surface area contributed by atoms with Crippen molar-refractivity contribution in [1.82, 2.24) is 0 Å². The summed E-state index contributed by atoms with van der Waals surface area (Å²) in [5.41, 5.74) is 3.02. The van der Waals surface area contributed by atoms with Crippen LogP contribution in [-0.4, -0.2) is 18.9 Å². The van der Waals surface area contributed by atoms with Crippen molar-refractivity contribution in [1.29, 1.82) is 0 Å². The van der Waals surface area contributed by atoms with Crippen molar-refractivity contribution in [2.75, 3.05) is 7.11 Å². The van der Waals surface area contributed by atoms with Crippen LogP contribution in [0, 0.1) is 19.8 Å². The van der Waals surface area contributed by atoms with E-state index in [9.17, 15) is 9.59 Å². The molecule has 0 aliphatic heterocycles. The summed E-state index contributed by atoms with van der Waals surface area (Å²) in [6.45, 7) is 8.68. The predicted octanol–water partition coefficient (Wildman–Crippen LogP) is 5.41. The molecule has 28 heavy (non-hydrogen) atoms. The molecule has 2 rings (SSSR count). The van der Waals surface area contributed by atoms with Crippen LogP contribution in [0.4, 0.5) is 11.4 Å². The molecule has 2 aromatic carbocycles. The van der Waals surface area contributed by atoms with Gasteiger partial charge in [-0.15, -0.1) is 6.58 Å². The monoisotopic (exact) mass is 380 g/mol. The number of carbonyl (C=O) groups is 2. The van der Waals surface area contributed by atoms with Crippen LogP contribution < -0.4 is 9.47 Å². The van der Waals surface area contributed by atoms with Gasteiger partial charge in [-0.25, -0.2) is 0 Å². The smallest absolute Gasteiger partial charge is 0.322 e. The van der Waals surface area contributed by atoms with Crippen LogP contribution in [0.15, 0.2) is 59.3 Å². The molecular weight excluding hydrogens is 356 g/mol. The minimum atomic E-state index is -0.838. The van der Waals surface area contributed by atoms with E-state index < -0.39 is 11.9 Å². The maximum absolute atomic E-state index is 12.2. The molecule has 0 heterocycles. The second-order valence-corrected chi connectivity index (χ2v) is 6.41. The molecule has 0 spiro atoms. The second-order valence-electron chi connectivity index (χ2n) is 6.41. The van der Waals surface area contributed by atoms with Gasteiger partial charge < -0.3 is 9.47 Å². The summed E-state index contributed by atoms with van der Waals surface area (Å²) in [6.07, 6.45) is 1.78. The fraction of sp³-hybridized carbons (Fsp3) is 0.273. The highest BCUT2D eigenvalue weighted by Crippen LogP contribution is 2.28. The number of azo groups is 1. The first kappa shape index (κ1) is 21.0. The van der Waals surface area contributed by atoms with Crippen LogP contribution in [0.3, 0.4) is 0 Å². The molecule has 1 atom stereocenters. The zero-order chi connectivity index (χ0) is 20.7. The van der Waals surface area contributed by atoms with E-state index >= 15 is 0 Å². The molecule has 2 aromatic rings. The average molecular weight is 380 g/mol. The fourth-order valence-electron chi connectivity index (χ4n) is 2.62. The molecule has 0 bridgehead atoms. The Bertz CT molecular complexity index is 919. The van der Waals surface area contributed by atoms with Crippen LogP contribution in [0.25, 0.3) is 0 Å². The van der Waals surface area contributed by atoms with Gasteiger partial charge in [0.1, 0.15) is 23.2 Å². The first-order chi connectivity index (χ1) is 13.3. The van der Waals surface area contributed by atoms with Gasteiger partial charge in [0.05, 0.1) is 18.5 Å². The number of hydrogen-bond donors (Lipinski definition) is 0. The van der Waals surface area contributed by atoms with Crippen LogP contribution in [0.1, 0.15) is 24.5 Å². The number of nitrogens with zero attached hydrogens (tertiary/aromatic N) is 2. The number of allylic oxidation sites excluding steroid dienone is 1. The number of methoxy groups -OCH3 is 1. The summed E-state index contributed by atoms with van der Waals surface area (Å²) < 4.78 is 10.6. The number of ether oxygens (including phenoxy) is 2. The van der Waals surface area contributed by atoms with Crippen molar-refractivity contribution >= 4 is 23.1 Å². The number of carbonyl (C=O) groups excluding carboxylic acids is 2. The van der Waals surface area contributed by atoms with Gasteiger partial charge in [0, 0.05) is 0 Å². The third-order valence-corrected chi connectivity index (χ3v) is 4.21. The topological polar surface area (TPSA) is 77.3 Å². The van der Waals surface area contributed by atoms with Crippen molar-refractivity contribution < 1.29 is 19.1 Å². The van der Waals surface area contributed by atoms with E-state index in [4.69, 9.17) is 9.47 Å². The lowest BCUT2D eigenvalue weighted by molar-refractivity contribution is -0.143. The lowest BCUT2D eigenvalue weighted by Crippen LogP contribution is -2.26. The Morgan fingerprint density at radius 2 is 1.57 bits per heavy atom. The van der Waals surface area contributed by atoms with E-state index in [-0.39, 0.29) is 12.2 Å². The Labute approximate surface area is 164 Å². The summed E-state index contributed by atoms with van der Waals surface area (Å²) >= 11 is 0. The van der Waals surface area contributed by atoms with Crippen molar-refractivity contribution in [2.45, 2.75) is 27.2 Å². The largest absolute Gasteiger partial charge is 0.496 e. The molecule has 0 aliphatic rings. The SMILES string of the molecule is C=CCC(C(C)=O)C(=O)Oc1ccc(N=Nc2ccc(OC)c(C)c2)cc1C. The van der Waals surface area contributed by atoms with Gasteiger partial charge >= 0.3 is 5.97 Å². The number of esters is 1. The van der Waals surface area contributed by atoms with E-state index in [1.54, 1.807) is 32.2 Å². The third kappa shape index (κ3) is 5.36. The Morgan fingerprint density at radius 1 is 1.04 bits per heavy atom. The summed E-state index contributed by atoms with van der Waals surface area (Å²) in [6, 6.07) is 10.6. The Hall–Kier alpha value is -3.28. The third-order valence-electron chi connectivity index (χ3n) is 4.21. The van der Waals surface area contributed by atoms with Gasteiger partial charge in [-0.2, -0.15) is 10.2 Å². The van der Waals surface area contributed by atoms with Crippen LogP contribution >= 0.6 is 0 Å². The molecule has 6 nitrogen and oxygen atoms in total. The maximum Gasteiger partial charge on any atom is 0.322 e. The normalized spacial score (nSPS) is 11.9. The van der Waals surface area contributed by atoms with E-state index in [2.05, 4.69) is 16.8 Å². The molecule has 146 valence electrons. The van der Waals surface area contributed by atoms with E-state index in [1.165, 1.54) is 13.0 Å². The highest BCUT2D eigenvalue weighted by molar-refractivity contribution is 5.98. The van der Waals surface area contributed by atoms with Gasteiger partial charge in [0.15, 0.2) is 0 Å². The molecule has 0 aliphatic carbocycles. The highest BCUT2D eigenvalue weighted by Gasteiger charge is 2.24. The molecule has 0 aromatic heterocycles. The molecule has 0 saturated heterocycles. The molecule has 0 fully saturated rings. The summed E-state index contributed by atoms with van der Waals surface area (Å²) in [7, 11) is 1.62. The summed E-state index contributed by atoms with van der Waals surface area (Å²) in [5, 5.41) is 8.45. The van der Waals surface area contributed by atoms with Gasteiger partial charge in [0.2, 0.25) is 0 Å². The average Bonchev–Trinajstić information content (AvgIpc) is 2.66. The first-order valence-corrected chi connectivity index (χ1v) is 8.85. The summed E-state index contributed by atoms with van der Waals surface area (Å²) in [4.78, 5) is 23.8.